The standard InChI is InChI=1S/C11H19F3N2/c1-16-6-8(5-11(12,13)14)4-10(7-16)15-9-2-3-9/h8-10,15H,2-7H2,1H3. The molecule has 2 fully saturated rings. The summed E-state index contributed by atoms with van der Waals surface area (Å²) in [7, 11) is 1.91. The highest BCUT2D eigenvalue weighted by atomic mass is 19.4. The summed E-state index contributed by atoms with van der Waals surface area (Å²) in [6, 6.07) is 0.821. The summed E-state index contributed by atoms with van der Waals surface area (Å²) in [5.41, 5.74) is 0. The van der Waals surface area contributed by atoms with Gasteiger partial charge in [-0.15, -0.1) is 0 Å². The Balaban J connectivity index is 1.83. The van der Waals surface area contributed by atoms with Crippen molar-refractivity contribution in [2.75, 3.05) is 20.1 Å². The lowest BCUT2D eigenvalue weighted by atomic mass is 9.91. The maximum atomic E-state index is 12.3. The second-order valence-electron chi connectivity index (χ2n) is 5.28. The summed E-state index contributed by atoms with van der Waals surface area (Å²) in [5.74, 6) is -0.241. The zero-order chi connectivity index (χ0) is 11.8. The monoisotopic (exact) mass is 236 g/mol. The van der Waals surface area contributed by atoms with Gasteiger partial charge in [-0.3, -0.25) is 0 Å². The van der Waals surface area contributed by atoms with Gasteiger partial charge in [0.1, 0.15) is 0 Å². The first-order valence-electron chi connectivity index (χ1n) is 5.94. The third kappa shape index (κ3) is 3.94. The molecule has 0 aromatic carbocycles. The minimum absolute atomic E-state index is 0.241. The van der Waals surface area contributed by atoms with Gasteiger partial charge < -0.3 is 10.2 Å². The van der Waals surface area contributed by atoms with Crippen LogP contribution in [0.3, 0.4) is 0 Å². The molecule has 0 amide bonds. The van der Waals surface area contributed by atoms with Crippen LogP contribution in [-0.4, -0.2) is 43.3 Å². The average molecular weight is 236 g/mol. The molecule has 2 nitrogen and oxygen atoms in total. The Hall–Kier alpha value is -0.290. The number of nitrogens with one attached hydrogen (secondary N) is 1. The van der Waals surface area contributed by atoms with E-state index in [1.165, 1.54) is 12.8 Å². The van der Waals surface area contributed by atoms with Gasteiger partial charge in [0.25, 0.3) is 0 Å². The van der Waals surface area contributed by atoms with Crippen molar-refractivity contribution < 1.29 is 13.2 Å². The van der Waals surface area contributed by atoms with Gasteiger partial charge in [0.05, 0.1) is 0 Å². The number of likely N-dealkylation sites (tertiary alicyclic amines) is 1. The van der Waals surface area contributed by atoms with Crippen molar-refractivity contribution in [3.8, 4) is 0 Å². The number of likely N-dealkylation sites (N-methyl/N-ethyl adjacent to an activating group) is 1. The second kappa shape index (κ2) is 4.53. The predicted octanol–water partition coefficient (Wildman–Crippen LogP) is 2.01. The number of hydrogen-bond donors (Lipinski definition) is 1. The number of hydrogen-bond acceptors (Lipinski definition) is 2. The van der Waals surface area contributed by atoms with Gasteiger partial charge in [-0.25, -0.2) is 0 Å². The van der Waals surface area contributed by atoms with Crippen molar-refractivity contribution in [1.82, 2.24) is 10.2 Å². The smallest absolute Gasteiger partial charge is 0.310 e. The number of nitrogens with zero attached hydrogens (tertiary/aromatic N) is 1. The fraction of sp³-hybridized carbons (Fsp3) is 1.00. The Kier molecular flexibility index (Phi) is 3.45. The van der Waals surface area contributed by atoms with Gasteiger partial charge in [0.2, 0.25) is 0 Å². The molecular formula is C11H19F3N2. The largest absolute Gasteiger partial charge is 0.389 e. The molecule has 94 valence electrons. The predicted molar refractivity (Wildman–Crippen MR) is 56.2 cm³/mol. The maximum absolute atomic E-state index is 12.3. The molecule has 1 N–H and O–H groups in total. The van der Waals surface area contributed by atoms with E-state index in [0.29, 0.717) is 19.0 Å². The normalized spacial score (nSPS) is 33.0. The van der Waals surface area contributed by atoms with E-state index in [-0.39, 0.29) is 12.0 Å². The Labute approximate surface area is 94.2 Å². The van der Waals surface area contributed by atoms with Crippen LogP contribution < -0.4 is 5.32 Å². The molecule has 1 saturated heterocycles. The lowest BCUT2D eigenvalue weighted by Crippen LogP contribution is -2.49. The molecule has 5 heteroatoms. The van der Waals surface area contributed by atoms with E-state index >= 15 is 0 Å². The number of piperidine rings is 1. The summed E-state index contributed by atoms with van der Waals surface area (Å²) in [6.45, 7) is 1.45. The third-order valence-electron chi connectivity index (χ3n) is 3.29. The molecular weight excluding hydrogens is 217 g/mol. The van der Waals surface area contributed by atoms with E-state index in [9.17, 15) is 13.2 Å². The first kappa shape index (κ1) is 12.2. The van der Waals surface area contributed by atoms with E-state index in [4.69, 9.17) is 0 Å². The van der Waals surface area contributed by atoms with Crippen molar-refractivity contribution >= 4 is 0 Å². The second-order valence-corrected chi connectivity index (χ2v) is 5.28. The van der Waals surface area contributed by atoms with E-state index in [1.54, 1.807) is 0 Å². The molecule has 2 rings (SSSR count). The van der Waals surface area contributed by atoms with E-state index in [1.807, 2.05) is 11.9 Å². The van der Waals surface area contributed by atoms with Gasteiger partial charge in [0.15, 0.2) is 0 Å². The van der Waals surface area contributed by atoms with Gasteiger partial charge in [0, 0.05) is 31.6 Å². The highest BCUT2D eigenvalue weighted by Gasteiger charge is 2.37. The lowest BCUT2D eigenvalue weighted by molar-refractivity contribution is -0.148. The maximum Gasteiger partial charge on any atom is 0.389 e. The van der Waals surface area contributed by atoms with Crippen LogP contribution in [0.1, 0.15) is 25.7 Å². The highest BCUT2D eigenvalue weighted by molar-refractivity contribution is 4.90. The van der Waals surface area contributed by atoms with Gasteiger partial charge in [-0.05, 0) is 32.2 Å². The van der Waals surface area contributed by atoms with Crippen LogP contribution in [0.4, 0.5) is 13.2 Å². The van der Waals surface area contributed by atoms with Crippen LogP contribution in [0, 0.1) is 5.92 Å². The first-order chi connectivity index (χ1) is 7.42. The molecule has 0 spiro atoms. The average Bonchev–Trinajstić information content (AvgIpc) is 2.82. The fourth-order valence-electron chi connectivity index (χ4n) is 2.62. The summed E-state index contributed by atoms with van der Waals surface area (Å²) < 4.78 is 37.0. The zero-order valence-corrected chi connectivity index (χ0v) is 9.56. The fourth-order valence-corrected chi connectivity index (χ4v) is 2.62. The number of halogens is 3. The Morgan fingerprint density at radius 2 is 1.88 bits per heavy atom. The van der Waals surface area contributed by atoms with Crippen molar-refractivity contribution in [3.63, 3.8) is 0 Å². The minimum atomic E-state index is -4.02. The van der Waals surface area contributed by atoms with Crippen molar-refractivity contribution in [2.45, 2.75) is 43.9 Å². The van der Waals surface area contributed by atoms with Crippen molar-refractivity contribution in [2.24, 2.45) is 5.92 Å². The van der Waals surface area contributed by atoms with Crippen LogP contribution in [0.5, 0.6) is 0 Å². The van der Waals surface area contributed by atoms with Crippen molar-refractivity contribution in [3.05, 3.63) is 0 Å². The molecule has 0 aromatic heterocycles. The molecule has 1 saturated carbocycles. The zero-order valence-electron chi connectivity index (χ0n) is 9.56. The molecule has 0 bridgehead atoms. The van der Waals surface area contributed by atoms with Crippen LogP contribution in [-0.2, 0) is 0 Å². The molecule has 16 heavy (non-hydrogen) atoms. The van der Waals surface area contributed by atoms with E-state index < -0.39 is 12.6 Å². The van der Waals surface area contributed by atoms with E-state index in [2.05, 4.69) is 5.32 Å². The molecule has 0 aromatic rings. The molecule has 1 aliphatic heterocycles. The molecule has 2 aliphatic rings. The van der Waals surface area contributed by atoms with Gasteiger partial charge in [-0.1, -0.05) is 0 Å². The van der Waals surface area contributed by atoms with Crippen LogP contribution in [0.25, 0.3) is 0 Å². The molecule has 2 unspecified atom stereocenters. The first-order valence-corrected chi connectivity index (χ1v) is 5.94. The van der Waals surface area contributed by atoms with Gasteiger partial charge in [-0.2, -0.15) is 13.2 Å². The van der Waals surface area contributed by atoms with E-state index in [0.717, 1.165) is 6.54 Å². The number of rotatable bonds is 3. The Morgan fingerprint density at radius 1 is 1.19 bits per heavy atom. The summed E-state index contributed by atoms with van der Waals surface area (Å²) in [6.07, 6.45) is -1.62. The Bertz CT molecular complexity index is 236. The van der Waals surface area contributed by atoms with Crippen LogP contribution >= 0.6 is 0 Å². The van der Waals surface area contributed by atoms with Gasteiger partial charge >= 0.3 is 6.18 Å². The molecule has 1 heterocycles. The molecule has 1 aliphatic carbocycles. The minimum Gasteiger partial charge on any atom is -0.310 e. The third-order valence-corrected chi connectivity index (χ3v) is 3.29. The summed E-state index contributed by atoms with van der Waals surface area (Å²) in [4.78, 5) is 2.01. The summed E-state index contributed by atoms with van der Waals surface area (Å²) in [5, 5.41) is 3.43. The lowest BCUT2D eigenvalue weighted by Gasteiger charge is -2.36. The topological polar surface area (TPSA) is 15.3 Å². The van der Waals surface area contributed by atoms with Crippen LogP contribution in [0.15, 0.2) is 0 Å². The van der Waals surface area contributed by atoms with Crippen molar-refractivity contribution in [1.29, 1.82) is 0 Å². The quantitative estimate of drug-likeness (QED) is 0.806. The summed E-state index contributed by atoms with van der Waals surface area (Å²) >= 11 is 0. The Morgan fingerprint density at radius 3 is 2.44 bits per heavy atom. The SMILES string of the molecule is CN1CC(CC(F)(F)F)CC(NC2CC2)C1. The molecule has 0 radical (unpaired) electrons. The van der Waals surface area contributed by atoms with Crippen LogP contribution in [0.2, 0.25) is 0 Å². The highest BCUT2D eigenvalue weighted by Crippen LogP contribution is 2.31. The number of alkyl halides is 3. The molecule has 2 atom stereocenters.